The van der Waals surface area contributed by atoms with Gasteiger partial charge >= 0.3 is 5.97 Å². The largest absolute Gasteiger partial charge is 0.461 e. The molecular formula is C26H23Cl2N3O4S. The SMILES string of the molecule is CCC(C(=O)Nc1ccc(Cl)cc1Cl)n1cnc2sc(C(=O)OCCc3ccccc3)c(C)c2c1=O. The van der Waals surface area contributed by atoms with Crippen molar-refractivity contribution in [3.63, 3.8) is 0 Å². The Bertz CT molecular complexity index is 1480. The number of aromatic nitrogens is 2. The molecular weight excluding hydrogens is 521 g/mol. The average Bonchev–Trinajstić information content (AvgIpc) is 3.20. The standard InChI is InChI=1S/C26H23Cl2N3O4S/c1-3-20(23(32)30-19-10-9-17(27)13-18(19)28)31-14-29-24-21(25(31)33)15(2)22(36-24)26(34)35-12-11-16-7-5-4-6-8-16/h4-10,13-14,20H,3,11-12H2,1-2H3,(H,30,32). The fourth-order valence-corrected chi connectivity index (χ4v) is 5.33. The minimum Gasteiger partial charge on any atom is -0.461 e. The second kappa shape index (κ2) is 11.2. The monoisotopic (exact) mass is 543 g/mol. The minimum atomic E-state index is -0.832. The molecule has 4 aromatic rings. The predicted octanol–water partition coefficient (Wildman–Crippen LogP) is 6.06. The molecule has 0 spiro atoms. The highest BCUT2D eigenvalue weighted by Crippen LogP contribution is 2.29. The Morgan fingerprint density at radius 1 is 1.17 bits per heavy atom. The van der Waals surface area contributed by atoms with E-state index in [-0.39, 0.29) is 11.6 Å². The summed E-state index contributed by atoms with van der Waals surface area (Å²) in [5.41, 5.74) is 1.54. The van der Waals surface area contributed by atoms with Crippen LogP contribution >= 0.6 is 34.5 Å². The molecule has 186 valence electrons. The molecule has 10 heteroatoms. The molecule has 1 N–H and O–H groups in total. The van der Waals surface area contributed by atoms with Crippen LogP contribution in [0.3, 0.4) is 0 Å². The maximum Gasteiger partial charge on any atom is 0.348 e. The third-order valence-electron chi connectivity index (χ3n) is 5.74. The maximum absolute atomic E-state index is 13.4. The van der Waals surface area contributed by atoms with Crippen molar-refractivity contribution < 1.29 is 14.3 Å². The molecule has 4 rings (SSSR count). The highest BCUT2D eigenvalue weighted by molar-refractivity contribution is 7.20. The molecule has 2 aromatic heterocycles. The van der Waals surface area contributed by atoms with E-state index in [4.69, 9.17) is 27.9 Å². The Kier molecular flexibility index (Phi) is 8.08. The molecule has 2 heterocycles. The molecule has 36 heavy (non-hydrogen) atoms. The zero-order valence-corrected chi connectivity index (χ0v) is 21.9. The van der Waals surface area contributed by atoms with Crippen molar-refractivity contribution in [2.75, 3.05) is 11.9 Å². The number of rotatable bonds is 8. The fraction of sp³-hybridized carbons (Fsp3) is 0.231. The van der Waals surface area contributed by atoms with Crippen molar-refractivity contribution in [1.29, 1.82) is 0 Å². The summed E-state index contributed by atoms with van der Waals surface area (Å²) in [5, 5.41) is 3.78. The lowest BCUT2D eigenvalue weighted by Gasteiger charge is -2.18. The molecule has 0 aliphatic carbocycles. The van der Waals surface area contributed by atoms with Gasteiger partial charge in [0.1, 0.15) is 15.7 Å². The van der Waals surface area contributed by atoms with Gasteiger partial charge in [0.2, 0.25) is 5.91 Å². The number of benzene rings is 2. The van der Waals surface area contributed by atoms with Gasteiger partial charge in [-0.15, -0.1) is 11.3 Å². The summed E-state index contributed by atoms with van der Waals surface area (Å²) in [6.07, 6.45) is 2.26. The average molecular weight is 544 g/mol. The first-order valence-electron chi connectivity index (χ1n) is 11.3. The number of halogens is 2. The Hall–Kier alpha value is -3.20. The number of esters is 1. The lowest BCUT2D eigenvalue weighted by Crippen LogP contribution is -2.33. The summed E-state index contributed by atoms with van der Waals surface area (Å²) in [7, 11) is 0. The van der Waals surface area contributed by atoms with Gasteiger partial charge in [0, 0.05) is 11.4 Å². The smallest absolute Gasteiger partial charge is 0.348 e. The summed E-state index contributed by atoms with van der Waals surface area (Å²) in [6.45, 7) is 3.70. The van der Waals surface area contributed by atoms with Gasteiger partial charge < -0.3 is 10.1 Å². The van der Waals surface area contributed by atoms with Gasteiger partial charge in [-0.3, -0.25) is 14.2 Å². The lowest BCUT2D eigenvalue weighted by atomic mass is 10.1. The quantitative estimate of drug-likeness (QED) is 0.272. The minimum absolute atomic E-state index is 0.222. The number of hydrogen-bond acceptors (Lipinski definition) is 6. The van der Waals surface area contributed by atoms with Crippen molar-refractivity contribution in [2.45, 2.75) is 32.7 Å². The molecule has 0 aliphatic rings. The molecule has 1 unspecified atom stereocenters. The number of amides is 1. The Morgan fingerprint density at radius 2 is 1.92 bits per heavy atom. The first-order chi connectivity index (χ1) is 17.3. The zero-order chi connectivity index (χ0) is 25.8. The number of nitrogens with one attached hydrogen (secondary N) is 1. The molecule has 2 aromatic carbocycles. The number of nitrogens with zero attached hydrogens (tertiary/aromatic N) is 2. The Morgan fingerprint density at radius 3 is 2.61 bits per heavy atom. The molecule has 1 atom stereocenters. The molecule has 0 fully saturated rings. The van der Waals surface area contributed by atoms with E-state index in [2.05, 4.69) is 10.3 Å². The van der Waals surface area contributed by atoms with Gasteiger partial charge in [-0.2, -0.15) is 0 Å². The number of carbonyl (C=O) groups excluding carboxylic acids is 2. The van der Waals surface area contributed by atoms with Gasteiger partial charge in [0.05, 0.1) is 29.0 Å². The van der Waals surface area contributed by atoms with Gasteiger partial charge in [-0.25, -0.2) is 9.78 Å². The summed E-state index contributed by atoms with van der Waals surface area (Å²) in [4.78, 5) is 44.3. The van der Waals surface area contributed by atoms with Crippen LogP contribution in [0.2, 0.25) is 10.0 Å². The third-order valence-corrected chi connectivity index (χ3v) is 7.47. The molecule has 0 bridgehead atoms. The number of anilines is 1. The van der Waals surface area contributed by atoms with Crippen LogP contribution in [0.15, 0.2) is 59.7 Å². The highest BCUT2D eigenvalue weighted by atomic mass is 35.5. The van der Waals surface area contributed by atoms with E-state index in [9.17, 15) is 14.4 Å². The summed E-state index contributed by atoms with van der Waals surface area (Å²) in [6, 6.07) is 13.6. The zero-order valence-electron chi connectivity index (χ0n) is 19.6. The van der Waals surface area contributed by atoms with Gasteiger partial charge in [0.25, 0.3) is 5.56 Å². The summed E-state index contributed by atoms with van der Waals surface area (Å²) < 4.78 is 6.74. The van der Waals surface area contributed by atoms with Crippen LogP contribution in [0.25, 0.3) is 10.2 Å². The number of fused-ring (bicyclic) bond motifs is 1. The van der Waals surface area contributed by atoms with Crippen LogP contribution in [0.1, 0.15) is 40.2 Å². The van der Waals surface area contributed by atoms with E-state index >= 15 is 0 Å². The van der Waals surface area contributed by atoms with E-state index in [1.54, 1.807) is 26.0 Å². The normalized spacial score (nSPS) is 11.9. The van der Waals surface area contributed by atoms with Gasteiger partial charge in [0.15, 0.2) is 0 Å². The number of carbonyl (C=O) groups is 2. The summed E-state index contributed by atoms with van der Waals surface area (Å²) in [5.74, 6) is -0.919. The van der Waals surface area contributed by atoms with Crippen molar-refractivity contribution in [3.05, 3.63) is 91.3 Å². The molecule has 0 saturated heterocycles. The molecule has 0 radical (unpaired) electrons. The van der Waals surface area contributed by atoms with Crippen LogP contribution in [-0.2, 0) is 16.0 Å². The second-order valence-electron chi connectivity index (χ2n) is 8.10. The number of thiophene rings is 1. The first-order valence-corrected chi connectivity index (χ1v) is 12.8. The van der Waals surface area contributed by atoms with Crippen LogP contribution in [0.5, 0.6) is 0 Å². The number of hydrogen-bond donors (Lipinski definition) is 1. The van der Waals surface area contributed by atoms with Crippen LogP contribution in [-0.4, -0.2) is 28.0 Å². The molecule has 7 nitrogen and oxygen atoms in total. The van der Waals surface area contributed by atoms with E-state index in [0.717, 1.165) is 16.9 Å². The van der Waals surface area contributed by atoms with Crippen molar-refractivity contribution in [1.82, 2.24) is 9.55 Å². The van der Waals surface area contributed by atoms with Crippen molar-refractivity contribution >= 4 is 62.3 Å². The van der Waals surface area contributed by atoms with Gasteiger partial charge in [-0.05, 0) is 42.7 Å². The molecule has 1 amide bonds. The molecule has 0 saturated carbocycles. The Labute approximate surface area is 221 Å². The van der Waals surface area contributed by atoms with Gasteiger partial charge in [-0.1, -0.05) is 60.5 Å². The number of aryl methyl sites for hydroxylation is 1. The number of ether oxygens (including phenoxy) is 1. The van der Waals surface area contributed by atoms with Crippen LogP contribution in [0.4, 0.5) is 5.69 Å². The van der Waals surface area contributed by atoms with E-state index < -0.39 is 23.5 Å². The first kappa shape index (κ1) is 25.9. The summed E-state index contributed by atoms with van der Waals surface area (Å²) >= 11 is 13.2. The maximum atomic E-state index is 13.4. The topological polar surface area (TPSA) is 90.3 Å². The van der Waals surface area contributed by atoms with Crippen molar-refractivity contribution in [3.8, 4) is 0 Å². The van der Waals surface area contributed by atoms with Crippen LogP contribution < -0.4 is 10.9 Å². The van der Waals surface area contributed by atoms with Crippen LogP contribution in [0, 0.1) is 6.92 Å². The van der Waals surface area contributed by atoms with E-state index in [1.165, 1.54) is 17.0 Å². The lowest BCUT2D eigenvalue weighted by molar-refractivity contribution is -0.119. The fourth-order valence-electron chi connectivity index (χ4n) is 3.84. The predicted molar refractivity (Wildman–Crippen MR) is 143 cm³/mol. The van der Waals surface area contributed by atoms with Crippen molar-refractivity contribution in [2.24, 2.45) is 0 Å². The molecule has 0 aliphatic heterocycles. The van der Waals surface area contributed by atoms with E-state index in [0.29, 0.717) is 44.2 Å². The Balaban J connectivity index is 1.56. The highest BCUT2D eigenvalue weighted by Gasteiger charge is 2.25. The third kappa shape index (κ3) is 5.46. The van der Waals surface area contributed by atoms with E-state index in [1.807, 2.05) is 30.3 Å². The second-order valence-corrected chi connectivity index (χ2v) is 9.95.